The number of hydrogen-bond acceptors (Lipinski definition) is 4. The molecule has 4 nitrogen and oxygen atoms in total. The monoisotopic (exact) mass is 243 g/mol. The maximum Gasteiger partial charge on any atom is 0.219 e. The van der Waals surface area contributed by atoms with Crippen molar-refractivity contribution in [3.05, 3.63) is 0 Å². The molecule has 2 heterocycles. The zero-order valence-corrected chi connectivity index (χ0v) is 10.9. The number of amides is 1. The zero-order chi connectivity index (χ0) is 11.8. The molecule has 0 aromatic carbocycles. The molecule has 1 amide bonds. The van der Waals surface area contributed by atoms with Gasteiger partial charge in [-0.25, -0.2) is 0 Å². The Hall–Kier alpha value is -0.260. The highest BCUT2D eigenvalue weighted by Crippen LogP contribution is 2.26. The lowest BCUT2D eigenvalue weighted by Gasteiger charge is -2.49. The minimum Gasteiger partial charge on any atom is -0.343 e. The van der Waals surface area contributed by atoms with Gasteiger partial charge in [0.25, 0.3) is 0 Å². The SMILES string of the molecule is CC(=O)N1CCC2(CC1)NC(C)CC(S)N2. The minimum atomic E-state index is -0.00394. The van der Waals surface area contributed by atoms with Gasteiger partial charge in [-0.1, -0.05) is 0 Å². The number of piperidine rings is 1. The van der Waals surface area contributed by atoms with Gasteiger partial charge in [-0.15, -0.1) is 0 Å². The Morgan fingerprint density at radius 1 is 1.38 bits per heavy atom. The molecule has 0 aromatic rings. The number of thiol groups is 1. The van der Waals surface area contributed by atoms with E-state index in [2.05, 4.69) is 30.2 Å². The molecule has 2 aliphatic rings. The number of likely N-dealkylation sites (tertiary alicyclic amines) is 1. The Morgan fingerprint density at radius 3 is 2.50 bits per heavy atom. The molecule has 2 fully saturated rings. The molecule has 0 bridgehead atoms. The van der Waals surface area contributed by atoms with E-state index in [1.165, 1.54) is 0 Å². The van der Waals surface area contributed by atoms with Crippen molar-refractivity contribution < 1.29 is 4.79 Å². The number of nitrogens with one attached hydrogen (secondary N) is 2. The molecule has 2 rings (SSSR count). The van der Waals surface area contributed by atoms with Crippen LogP contribution >= 0.6 is 12.6 Å². The van der Waals surface area contributed by atoms with Crippen molar-refractivity contribution in [3.8, 4) is 0 Å². The van der Waals surface area contributed by atoms with Crippen LogP contribution in [-0.4, -0.2) is 41.0 Å². The molecule has 0 saturated carbocycles. The van der Waals surface area contributed by atoms with Gasteiger partial charge >= 0.3 is 0 Å². The van der Waals surface area contributed by atoms with Crippen molar-refractivity contribution in [2.75, 3.05) is 13.1 Å². The van der Waals surface area contributed by atoms with Gasteiger partial charge < -0.3 is 4.90 Å². The number of rotatable bonds is 0. The van der Waals surface area contributed by atoms with Crippen molar-refractivity contribution >= 4 is 18.5 Å². The second kappa shape index (κ2) is 4.55. The molecule has 0 aliphatic carbocycles. The van der Waals surface area contributed by atoms with Crippen LogP contribution in [0.5, 0.6) is 0 Å². The quantitative estimate of drug-likeness (QED) is 0.545. The summed E-state index contributed by atoms with van der Waals surface area (Å²) in [5, 5.41) is 7.42. The smallest absolute Gasteiger partial charge is 0.219 e. The lowest BCUT2D eigenvalue weighted by molar-refractivity contribution is -0.131. The standard InChI is InChI=1S/C11H21N3OS/c1-8-7-10(16)13-11(12-8)3-5-14(6-4-11)9(2)15/h8,10,12-13,16H,3-7H2,1-2H3. The van der Waals surface area contributed by atoms with Crippen LogP contribution < -0.4 is 10.6 Å². The predicted octanol–water partition coefficient (Wildman–Crippen LogP) is 0.552. The summed E-state index contributed by atoms with van der Waals surface area (Å²) in [6.07, 6.45) is 2.98. The average Bonchev–Trinajstić information content (AvgIpc) is 2.16. The summed E-state index contributed by atoms with van der Waals surface area (Å²) in [7, 11) is 0. The first-order chi connectivity index (χ1) is 7.51. The van der Waals surface area contributed by atoms with Crippen molar-refractivity contribution in [1.29, 1.82) is 0 Å². The van der Waals surface area contributed by atoms with E-state index >= 15 is 0 Å². The highest BCUT2D eigenvalue weighted by Gasteiger charge is 2.40. The number of carbonyl (C=O) groups is 1. The lowest BCUT2D eigenvalue weighted by atomic mass is 9.92. The third-order valence-corrected chi connectivity index (χ3v) is 3.94. The van der Waals surface area contributed by atoms with Gasteiger partial charge in [-0.05, 0) is 26.2 Å². The topological polar surface area (TPSA) is 44.4 Å². The first-order valence-corrected chi connectivity index (χ1v) is 6.51. The summed E-state index contributed by atoms with van der Waals surface area (Å²) < 4.78 is 0. The lowest BCUT2D eigenvalue weighted by Crippen LogP contribution is -2.69. The molecular weight excluding hydrogens is 222 g/mol. The maximum absolute atomic E-state index is 11.3. The summed E-state index contributed by atoms with van der Waals surface area (Å²) in [6.45, 7) is 5.51. The fourth-order valence-electron chi connectivity index (χ4n) is 2.78. The fraction of sp³-hybridized carbons (Fsp3) is 0.909. The van der Waals surface area contributed by atoms with E-state index in [1.54, 1.807) is 6.92 Å². The molecule has 1 spiro atoms. The van der Waals surface area contributed by atoms with Crippen LogP contribution in [0.4, 0.5) is 0 Å². The maximum atomic E-state index is 11.3. The van der Waals surface area contributed by atoms with Gasteiger partial charge in [0, 0.05) is 26.1 Å². The molecule has 0 aromatic heterocycles. The van der Waals surface area contributed by atoms with Gasteiger partial charge in [0.1, 0.15) is 0 Å². The van der Waals surface area contributed by atoms with Crippen LogP contribution in [0, 0.1) is 0 Å². The Kier molecular flexibility index (Phi) is 3.47. The van der Waals surface area contributed by atoms with E-state index in [1.807, 2.05) is 4.90 Å². The van der Waals surface area contributed by atoms with Crippen LogP contribution in [-0.2, 0) is 4.79 Å². The van der Waals surface area contributed by atoms with Gasteiger partial charge in [-0.2, -0.15) is 12.6 Å². The van der Waals surface area contributed by atoms with Crippen LogP contribution in [0.2, 0.25) is 0 Å². The Labute approximate surface area is 103 Å². The Morgan fingerprint density at radius 2 is 2.00 bits per heavy atom. The molecule has 92 valence electrons. The summed E-state index contributed by atoms with van der Waals surface area (Å²) in [6, 6.07) is 0.493. The summed E-state index contributed by atoms with van der Waals surface area (Å²) in [5.41, 5.74) is -0.00394. The van der Waals surface area contributed by atoms with Crippen LogP contribution in [0.25, 0.3) is 0 Å². The molecule has 2 atom stereocenters. The molecule has 0 radical (unpaired) electrons. The summed E-state index contributed by atoms with van der Waals surface area (Å²) in [4.78, 5) is 13.2. The molecular formula is C11H21N3OS. The Balaban J connectivity index is 1.98. The van der Waals surface area contributed by atoms with E-state index in [0.29, 0.717) is 6.04 Å². The van der Waals surface area contributed by atoms with Crippen molar-refractivity contribution in [3.63, 3.8) is 0 Å². The normalized spacial score (nSPS) is 34.1. The number of carbonyl (C=O) groups excluding carboxylic acids is 1. The van der Waals surface area contributed by atoms with Crippen molar-refractivity contribution in [2.24, 2.45) is 0 Å². The molecule has 2 unspecified atom stereocenters. The zero-order valence-electron chi connectivity index (χ0n) is 9.99. The number of hydrogen-bond donors (Lipinski definition) is 3. The highest BCUT2D eigenvalue weighted by atomic mass is 32.1. The fourth-order valence-corrected chi connectivity index (χ4v) is 3.34. The van der Waals surface area contributed by atoms with E-state index in [-0.39, 0.29) is 16.9 Å². The first-order valence-electron chi connectivity index (χ1n) is 6.00. The average molecular weight is 243 g/mol. The van der Waals surface area contributed by atoms with Gasteiger partial charge in [0.2, 0.25) is 5.91 Å². The van der Waals surface area contributed by atoms with Crippen molar-refractivity contribution in [2.45, 2.75) is 50.2 Å². The summed E-state index contributed by atoms with van der Waals surface area (Å²) in [5.74, 6) is 0.182. The summed E-state index contributed by atoms with van der Waals surface area (Å²) >= 11 is 4.54. The Bertz CT molecular complexity index is 264. The first kappa shape index (κ1) is 12.2. The van der Waals surface area contributed by atoms with Gasteiger partial charge in [0.15, 0.2) is 0 Å². The molecule has 2 saturated heterocycles. The molecule has 16 heavy (non-hydrogen) atoms. The molecule has 2 N–H and O–H groups in total. The second-order valence-corrected chi connectivity index (χ2v) is 5.65. The van der Waals surface area contributed by atoms with Gasteiger partial charge in [0.05, 0.1) is 11.0 Å². The van der Waals surface area contributed by atoms with E-state index < -0.39 is 0 Å². The van der Waals surface area contributed by atoms with Gasteiger partial charge in [-0.3, -0.25) is 15.4 Å². The predicted molar refractivity (Wildman–Crippen MR) is 67.3 cm³/mol. The van der Waals surface area contributed by atoms with Crippen LogP contribution in [0.15, 0.2) is 0 Å². The third kappa shape index (κ3) is 2.52. The molecule has 5 heteroatoms. The van der Waals surface area contributed by atoms with Crippen molar-refractivity contribution in [1.82, 2.24) is 15.5 Å². The van der Waals surface area contributed by atoms with E-state index in [4.69, 9.17) is 0 Å². The van der Waals surface area contributed by atoms with Crippen LogP contribution in [0.3, 0.4) is 0 Å². The largest absolute Gasteiger partial charge is 0.343 e. The minimum absolute atomic E-state index is 0.00394. The molecule has 2 aliphatic heterocycles. The highest BCUT2D eigenvalue weighted by molar-refractivity contribution is 7.80. The second-order valence-electron chi connectivity index (χ2n) is 5.03. The van der Waals surface area contributed by atoms with E-state index in [9.17, 15) is 4.79 Å². The van der Waals surface area contributed by atoms with E-state index in [0.717, 1.165) is 32.4 Å². The number of nitrogens with zero attached hydrogens (tertiary/aromatic N) is 1. The van der Waals surface area contributed by atoms with Crippen LogP contribution in [0.1, 0.15) is 33.1 Å². The third-order valence-electron chi connectivity index (χ3n) is 3.60.